The minimum absolute atomic E-state index is 0.484. The molecule has 0 aliphatic heterocycles. The first-order valence-electron chi connectivity index (χ1n) is 8.59. The number of pyridine rings is 1. The van der Waals surface area contributed by atoms with E-state index in [2.05, 4.69) is 31.3 Å². The van der Waals surface area contributed by atoms with Crippen molar-refractivity contribution in [1.82, 2.24) is 29.9 Å². The first kappa shape index (κ1) is 15.5. The monoisotopic (exact) mass is 356 g/mol. The van der Waals surface area contributed by atoms with Crippen molar-refractivity contribution in [2.45, 2.75) is 6.42 Å². The Balaban J connectivity index is 1.51. The van der Waals surface area contributed by atoms with Crippen LogP contribution in [0, 0.1) is 0 Å². The number of aromatic amines is 1. The maximum absolute atomic E-state index is 5.90. The zero-order valence-electron chi connectivity index (χ0n) is 14.6. The van der Waals surface area contributed by atoms with Gasteiger partial charge in [0.25, 0.3) is 0 Å². The lowest BCUT2D eigenvalue weighted by atomic mass is 10.1. The molecule has 7 heteroatoms. The normalized spacial score (nSPS) is 11.3. The van der Waals surface area contributed by atoms with E-state index in [1.807, 2.05) is 62.2 Å². The average Bonchev–Trinajstić information content (AvgIpc) is 3.41. The molecule has 0 spiro atoms. The molecule has 0 saturated carbocycles. The van der Waals surface area contributed by atoms with Gasteiger partial charge in [0.15, 0.2) is 0 Å². The van der Waals surface area contributed by atoms with E-state index in [4.69, 9.17) is 4.42 Å². The predicted octanol–water partition coefficient (Wildman–Crippen LogP) is 3.60. The summed E-state index contributed by atoms with van der Waals surface area (Å²) in [6.45, 7) is 0. The van der Waals surface area contributed by atoms with Gasteiger partial charge in [0, 0.05) is 42.2 Å². The Morgan fingerprint density at radius 2 is 1.96 bits per heavy atom. The molecule has 4 heterocycles. The molecule has 0 unspecified atom stereocenters. The van der Waals surface area contributed by atoms with Gasteiger partial charge in [-0.1, -0.05) is 30.3 Å². The quantitative estimate of drug-likeness (QED) is 0.532. The standard InChI is InChI=1S/C20H16N6O/c1-26-12-15(10-23-26)14-8-16-17(11-22-19(16)21-9-14)20-25-24-18(27-20)7-13-5-3-2-4-6-13/h2-6,8-12H,7H2,1H3,(H,21,22). The van der Waals surface area contributed by atoms with Gasteiger partial charge in [-0.2, -0.15) is 5.10 Å². The third-order valence-corrected chi connectivity index (χ3v) is 4.46. The van der Waals surface area contributed by atoms with Gasteiger partial charge in [-0.3, -0.25) is 4.68 Å². The van der Waals surface area contributed by atoms with E-state index in [0.29, 0.717) is 18.2 Å². The number of benzene rings is 1. The molecule has 0 amide bonds. The Labute approximate surface area is 154 Å². The second kappa shape index (κ2) is 6.21. The van der Waals surface area contributed by atoms with Crippen molar-refractivity contribution < 1.29 is 4.42 Å². The maximum Gasteiger partial charge on any atom is 0.249 e. The van der Waals surface area contributed by atoms with Crippen LogP contribution in [0.2, 0.25) is 0 Å². The number of hydrogen-bond donors (Lipinski definition) is 1. The lowest BCUT2D eigenvalue weighted by Gasteiger charge is -1.98. The Morgan fingerprint density at radius 3 is 2.78 bits per heavy atom. The summed E-state index contributed by atoms with van der Waals surface area (Å²) in [5.74, 6) is 1.07. The highest BCUT2D eigenvalue weighted by Gasteiger charge is 2.15. The Kier molecular flexibility index (Phi) is 3.57. The molecule has 5 rings (SSSR count). The van der Waals surface area contributed by atoms with Gasteiger partial charge in [0.2, 0.25) is 11.8 Å². The predicted molar refractivity (Wildman–Crippen MR) is 101 cm³/mol. The van der Waals surface area contributed by atoms with E-state index in [9.17, 15) is 0 Å². The van der Waals surface area contributed by atoms with Crippen LogP contribution in [-0.4, -0.2) is 29.9 Å². The van der Waals surface area contributed by atoms with Gasteiger partial charge in [0.05, 0.1) is 18.2 Å². The number of nitrogens with one attached hydrogen (secondary N) is 1. The van der Waals surface area contributed by atoms with Crippen LogP contribution in [0.25, 0.3) is 33.6 Å². The molecule has 0 aliphatic rings. The first-order chi connectivity index (χ1) is 13.3. The molecule has 5 aromatic rings. The number of rotatable bonds is 4. The van der Waals surface area contributed by atoms with E-state index in [0.717, 1.165) is 33.3 Å². The van der Waals surface area contributed by atoms with E-state index >= 15 is 0 Å². The number of hydrogen-bond acceptors (Lipinski definition) is 5. The van der Waals surface area contributed by atoms with Crippen molar-refractivity contribution in [2.75, 3.05) is 0 Å². The third kappa shape index (κ3) is 2.89. The number of nitrogens with zero attached hydrogens (tertiary/aromatic N) is 5. The lowest BCUT2D eigenvalue weighted by molar-refractivity contribution is 0.518. The van der Waals surface area contributed by atoms with Gasteiger partial charge in [0.1, 0.15) is 5.65 Å². The van der Waals surface area contributed by atoms with E-state index in [-0.39, 0.29) is 0 Å². The van der Waals surface area contributed by atoms with Crippen molar-refractivity contribution in [3.05, 3.63) is 72.6 Å². The fraction of sp³-hybridized carbons (Fsp3) is 0.100. The topological polar surface area (TPSA) is 85.4 Å². The van der Waals surface area contributed by atoms with Crippen LogP contribution in [0.15, 0.2) is 65.6 Å². The van der Waals surface area contributed by atoms with Crippen molar-refractivity contribution >= 4 is 11.0 Å². The average molecular weight is 356 g/mol. The minimum Gasteiger partial charge on any atom is -0.420 e. The largest absolute Gasteiger partial charge is 0.420 e. The molecule has 0 saturated heterocycles. The highest BCUT2D eigenvalue weighted by Crippen LogP contribution is 2.30. The van der Waals surface area contributed by atoms with E-state index < -0.39 is 0 Å². The van der Waals surface area contributed by atoms with Gasteiger partial charge < -0.3 is 9.40 Å². The second-order valence-corrected chi connectivity index (χ2v) is 6.39. The molecular formula is C20H16N6O. The highest BCUT2D eigenvalue weighted by molar-refractivity contribution is 5.93. The van der Waals surface area contributed by atoms with Gasteiger partial charge in [-0.25, -0.2) is 4.98 Å². The molecule has 1 N–H and O–H groups in total. The zero-order chi connectivity index (χ0) is 18.2. The number of aryl methyl sites for hydroxylation is 1. The molecule has 4 aromatic heterocycles. The van der Waals surface area contributed by atoms with E-state index in [1.165, 1.54) is 0 Å². The molecule has 0 aliphatic carbocycles. The summed E-state index contributed by atoms with van der Waals surface area (Å²) < 4.78 is 7.67. The third-order valence-electron chi connectivity index (χ3n) is 4.46. The number of fused-ring (bicyclic) bond motifs is 1. The Morgan fingerprint density at radius 1 is 1.07 bits per heavy atom. The van der Waals surface area contributed by atoms with Gasteiger partial charge in [-0.15, -0.1) is 10.2 Å². The molecule has 27 heavy (non-hydrogen) atoms. The Hall–Kier alpha value is -3.74. The van der Waals surface area contributed by atoms with Crippen molar-refractivity contribution in [3.63, 3.8) is 0 Å². The summed E-state index contributed by atoms with van der Waals surface area (Å²) in [7, 11) is 1.89. The minimum atomic E-state index is 0.484. The molecule has 0 atom stereocenters. The molecule has 1 aromatic carbocycles. The van der Waals surface area contributed by atoms with Crippen LogP contribution in [0.3, 0.4) is 0 Å². The van der Waals surface area contributed by atoms with Crippen LogP contribution < -0.4 is 0 Å². The van der Waals surface area contributed by atoms with Crippen molar-refractivity contribution in [1.29, 1.82) is 0 Å². The highest BCUT2D eigenvalue weighted by atomic mass is 16.4. The van der Waals surface area contributed by atoms with Gasteiger partial charge >= 0.3 is 0 Å². The second-order valence-electron chi connectivity index (χ2n) is 6.39. The van der Waals surface area contributed by atoms with Crippen LogP contribution in [-0.2, 0) is 13.5 Å². The summed E-state index contributed by atoms with van der Waals surface area (Å²) >= 11 is 0. The smallest absolute Gasteiger partial charge is 0.249 e. The number of aromatic nitrogens is 6. The van der Waals surface area contributed by atoms with Gasteiger partial charge in [-0.05, 0) is 11.6 Å². The Bertz CT molecular complexity index is 1220. The fourth-order valence-electron chi connectivity index (χ4n) is 3.11. The SMILES string of the molecule is Cn1cc(-c2cnc3[nH]cc(-c4nnc(Cc5ccccc5)o4)c3c2)cn1. The molecule has 0 radical (unpaired) electrons. The lowest BCUT2D eigenvalue weighted by Crippen LogP contribution is -1.87. The first-order valence-corrected chi connectivity index (χ1v) is 8.59. The van der Waals surface area contributed by atoms with Crippen LogP contribution >= 0.6 is 0 Å². The zero-order valence-corrected chi connectivity index (χ0v) is 14.6. The summed E-state index contributed by atoms with van der Waals surface area (Å²) in [6.07, 6.45) is 8.06. The van der Waals surface area contributed by atoms with E-state index in [1.54, 1.807) is 4.68 Å². The maximum atomic E-state index is 5.90. The van der Waals surface area contributed by atoms with Crippen molar-refractivity contribution in [3.8, 4) is 22.6 Å². The molecule has 7 nitrogen and oxygen atoms in total. The van der Waals surface area contributed by atoms with Crippen LogP contribution in [0.1, 0.15) is 11.5 Å². The summed E-state index contributed by atoms with van der Waals surface area (Å²) in [4.78, 5) is 7.67. The molecular weight excluding hydrogens is 340 g/mol. The van der Waals surface area contributed by atoms with Crippen molar-refractivity contribution in [2.24, 2.45) is 7.05 Å². The van der Waals surface area contributed by atoms with Crippen LogP contribution in [0.5, 0.6) is 0 Å². The summed E-state index contributed by atoms with van der Waals surface area (Å²) in [5, 5.41) is 13.6. The molecule has 132 valence electrons. The molecule has 0 bridgehead atoms. The van der Waals surface area contributed by atoms with Crippen LogP contribution in [0.4, 0.5) is 0 Å². The number of H-pyrrole nitrogens is 1. The molecule has 0 fully saturated rings. The summed E-state index contributed by atoms with van der Waals surface area (Å²) in [5.41, 5.74) is 4.75. The fourth-order valence-corrected chi connectivity index (χ4v) is 3.11. The summed E-state index contributed by atoms with van der Waals surface area (Å²) in [6, 6.07) is 12.1.